The van der Waals surface area contributed by atoms with Crippen molar-refractivity contribution in [2.24, 2.45) is 0 Å². The van der Waals surface area contributed by atoms with Crippen molar-refractivity contribution in [3.63, 3.8) is 0 Å². The molecule has 174 valence electrons. The van der Waals surface area contributed by atoms with Crippen LogP contribution in [0.15, 0.2) is 24.3 Å². The van der Waals surface area contributed by atoms with E-state index in [0.29, 0.717) is 19.8 Å². The molecule has 0 spiro atoms. The van der Waals surface area contributed by atoms with E-state index < -0.39 is 5.97 Å². The van der Waals surface area contributed by atoms with Crippen molar-refractivity contribution in [1.29, 1.82) is 0 Å². The average Bonchev–Trinajstić information content (AvgIpc) is 2.79. The lowest BCUT2D eigenvalue weighted by molar-refractivity contribution is -0.392. The van der Waals surface area contributed by atoms with Gasteiger partial charge in [-0.15, -0.1) is 0 Å². The van der Waals surface area contributed by atoms with Crippen molar-refractivity contribution in [2.45, 2.75) is 108 Å². The standard InChI is InChI=1S/C26H45IO3/c1-5-9-10-11-12-13-14-25(24-17-15-23(22-27)16-18-24)26(28-19-6-2,29-20-7-3)30-21-8-4/h15-18,25H,5-14,19-22H2,1-4H3. The van der Waals surface area contributed by atoms with Gasteiger partial charge in [0.2, 0.25) is 0 Å². The summed E-state index contributed by atoms with van der Waals surface area (Å²) in [5, 5.41) is 0. The zero-order chi connectivity index (χ0) is 22.1. The normalized spacial score (nSPS) is 13.0. The molecule has 0 heterocycles. The van der Waals surface area contributed by atoms with Gasteiger partial charge in [-0.25, -0.2) is 0 Å². The maximum atomic E-state index is 6.41. The summed E-state index contributed by atoms with van der Waals surface area (Å²) in [5.74, 6) is -0.909. The van der Waals surface area contributed by atoms with E-state index in [4.69, 9.17) is 14.2 Å². The van der Waals surface area contributed by atoms with Crippen molar-refractivity contribution in [2.75, 3.05) is 19.8 Å². The Morgan fingerprint density at radius 1 is 0.700 bits per heavy atom. The van der Waals surface area contributed by atoms with Crippen molar-refractivity contribution < 1.29 is 14.2 Å². The van der Waals surface area contributed by atoms with Crippen molar-refractivity contribution in [3.05, 3.63) is 35.4 Å². The number of alkyl halides is 1. The number of rotatable bonds is 19. The predicted octanol–water partition coefficient (Wildman–Crippen LogP) is 8.39. The van der Waals surface area contributed by atoms with Gasteiger partial charge in [0, 0.05) is 4.43 Å². The monoisotopic (exact) mass is 532 g/mol. The quantitative estimate of drug-likeness (QED) is 0.0775. The van der Waals surface area contributed by atoms with Crippen molar-refractivity contribution in [1.82, 2.24) is 0 Å². The number of halogens is 1. The van der Waals surface area contributed by atoms with Gasteiger partial charge in [0.1, 0.15) is 0 Å². The summed E-state index contributed by atoms with van der Waals surface area (Å²) in [5.41, 5.74) is 2.61. The molecule has 0 aliphatic heterocycles. The summed E-state index contributed by atoms with van der Waals surface area (Å²) in [6, 6.07) is 8.98. The Hall–Kier alpha value is -0.170. The molecule has 30 heavy (non-hydrogen) atoms. The Labute approximate surface area is 199 Å². The SMILES string of the molecule is CCCCCCCCC(c1ccc(CI)cc1)C(OCCC)(OCCC)OCCC. The smallest absolute Gasteiger partial charge is 0.290 e. The Balaban J connectivity index is 3.12. The van der Waals surface area contributed by atoms with Crippen LogP contribution in [0, 0.1) is 0 Å². The lowest BCUT2D eigenvalue weighted by Gasteiger charge is -2.40. The fourth-order valence-corrected chi connectivity index (χ4v) is 4.18. The van der Waals surface area contributed by atoms with Crippen molar-refractivity contribution in [3.8, 4) is 0 Å². The Bertz CT molecular complexity index is 496. The van der Waals surface area contributed by atoms with Crippen LogP contribution in [0.4, 0.5) is 0 Å². The van der Waals surface area contributed by atoms with Crippen LogP contribution in [0.3, 0.4) is 0 Å². The van der Waals surface area contributed by atoms with Gasteiger partial charge in [-0.05, 0) is 36.8 Å². The summed E-state index contributed by atoms with van der Waals surface area (Å²) < 4.78 is 20.2. The molecule has 0 fully saturated rings. The minimum absolute atomic E-state index is 0.0802. The number of hydrogen-bond acceptors (Lipinski definition) is 3. The van der Waals surface area contributed by atoms with Crippen LogP contribution in [0.2, 0.25) is 0 Å². The minimum atomic E-state index is -0.989. The zero-order valence-corrected chi connectivity index (χ0v) is 22.0. The molecule has 0 amide bonds. The van der Waals surface area contributed by atoms with Crippen LogP contribution in [-0.4, -0.2) is 25.8 Å². The zero-order valence-electron chi connectivity index (χ0n) is 19.9. The second-order valence-electron chi connectivity index (χ2n) is 8.13. The lowest BCUT2D eigenvalue weighted by atomic mass is 9.89. The van der Waals surface area contributed by atoms with E-state index in [1.54, 1.807) is 0 Å². The molecule has 0 bridgehead atoms. The van der Waals surface area contributed by atoms with Crippen LogP contribution < -0.4 is 0 Å². The molecule has 3 nitrogen and oxygen atoms in total. The highest BCUT2D eigenvalue weighted by Crippen LogP contribution is 2.39. The molecule has 1 atom stereocenters. The van der Waals surface area contributed by atoms with Crippen LogP contribution in [0.1, 0.15) is 109 Å². The highest BCUT2D eigenvalue weighted by Gasteiger charge is 2.43. The molecule has 0 aliphatic rings. The van der Waals surface area contributed by atoms with E-state index in [1.165, 1.54) is 49.7 Å². The average molecular weight is 533 g/mol. The molecule has 0 aromatic heterocycles. The Morgan fingerprint density at radius 2 is 1.20 bits per heavy atom. The van der Waals surface area contributed by atoms with Gasteiger partial charge in [0.25, 0.3) is 5.97 Å². The first-order valence-corrected chi connectivity index (χ1v) is 13.8. The summed E-state index contributed by atoms with van der Waals surface area (Å²) in [6.45, 7) is 10.6. The second-order valence-corrected chi connectivity index (χ2v) is 8.90. The molecule has 1 aromatic carbocycles. The Kier molecular flexibility index (Phi) is 16.2. The highest BCUT2D eigenvalue weighted by atomic mass is 127. The van der Waals surface area contributed by atoms with Gasteiger partial charge in [0.15, 0.2) is 0 Å². The number of unbranched alkanes of at least 4 members (excludes halogenated alkanes) is 5. The fourth-order valence-electron chi connectivity index (χ4n) is 3.68. The lowest BCUT2D eigenvalue weighted by Crippen LogP contribution is -2.46. The van der Waals surface area contributed by atoms with E-state index >= 15 is 0 Å². The topological polar surface area (TPSA) is 27.7 Å². The molecule has 0 N–H and O–H groups in total. The minimum Gasteiger partial charge on any atom is -0.327 e. The highest BCUT2D eigenvalue weighted by molar-refractivity contribution is 14.1. The predicted molar refractivity (Wildman–Crippen MR) is 136 cm³/mol. The maximum Gasteiger partial charge on any atom is 0.290 e. The van der Waals surface area contributed by atoms with E-state index in [0.717, 1.165) is 30.1 Å². The number of benzene rings is 1. The molecule has 0 aliphatic carbocycles. The third-order valence-corrected chi connectivity index (χ3v) is 6.21. The first kappa shape index (κ1) is 27.9. The molecular formula is C26H45IO3. The van der Waals surface area contributed by atoms with E-state index in [2.05, 4.69) is 74.6 Å². The molecular weight excluding hydrogens is 487 g/mol. The fraction of sp³-hybridized carbons (Fsp3) is 0.769. The van der Waals surface area contributed by atoms with Crippen LogP contribution in [0.5, 0.6) is 0 Å². The molecule has 4 heteroatoms. The van der Waals surface area contributed by atoms with Gasteiger partial charge in [0.05, 0.1) is 25.7 Å². The molecule has 1 unspecified atom stereocenters. The van der Waals surface area contributed by atoms with Crippen LogP contribution in [-0.2, 0) is 18.6 Å². The van der Waals surface area contributed by atoms with E-state index in [9.17, 15) is 0 Å². The van der Waals surface area contributed by atoms with Gasteiger partial charge >= 0.3 is 0 Å². The van der Waals surface area contributed by atoms with Gasteiger partial charge in [-0.3, -0.25) is 0 Å². The summed E-state index contributed by atoms with van der Waals surface area (Å²) >= 11 is 2.42. The van der Waals surface area contributed by atoms with Gasteiger partial charge in [-0.2, -0.15) is 0 Å². The maximum absolute atomic E-state index is 6.41. The van der Waals surface area contributed by atoms with Crippen LogP contribution in [0.25, 0.3) is 0 Å². The van der Waals surface area contributed by atoms with Crippen molar-refractivity contribution >= 4 is 22.6 Å². The van der Waals surface area contributed by atoms with E-state index in [1.807, 2.05) is 0 Å². The third kappa shape index (κ3) is 9.97. The molecule has 0 radical (unpaired) electrons. The van der Waals surface area contributed by atoms with Gasteiger partial charge in [-0.1, -0.05) is 113 Å². The first-order chi connectivity index (χ1) is 14.7. The van der Waals surface area contributed by atoms with E-state index in [-0.39, 0.29) is 5.92 Å². The Morgan fingerprint density at radius 3 is 1.67 bits per heavy atom. The summed E-state index contributed by atoms with van der Waals surface area (Å²) in [7, 11) is 0. The second kappa shape index (κ2) is 17.4. The third-order valence-electron chi connectivity index (χ3n) is 5.33. The molecule has 1 rings (SSSR count). The number of ether oxygens (including phenoxy) is 3. The first-order valence-electron chi connectivity index (χ1n) is 12.2. The molecule has 0 saturated heterocycles. The largest absolute Gasteiger partial charge is 0.327 e. The summed E-state index contributed by atoms with van der Waals surface area (Å²) in [6.07, 6.45) is 11.6. The number of hydrogen-bond donors (Lipinski definition) is 0. The van der Waals surface area contributed by atoms with Gasteiger partial charge < -0.3 is 14.2 Å². The summed E-state index contributed by atoms with van der Waals surface area (Å²) in [4.78, 5) is 0. The van der Waals surface area contributed by atoms with Crippen LogP contribution >= 0.6 is 22.6 Å². The molecule has 1 aromatic rings. The molecule has 0 saturated carbocycles.